The Morgan fingerprint density at radius 2 is 1.89 bits per heavy atom. The molecular weight excluding hydrogens is 242 g/mol. The predicted octanol–water partition coefficient (Wildman–Crippen LogP) is 0.680. The van der Waals surface area contributed by atoms with Crippen LogP contribution in [-0.4, -0.2) is 43.4 Å². The number of aliphatic hydroxyl groups is 1. The summed E-state index contributed by atoms with van der Waals surface area (Å²) in [6.45, 7) is 5.23. The van der Waals surface area contributed by atoms with Crippen LogP contribution in [0.5, 0.6) is 0 Å². The molecule has 2 heterocycles. The Kier molecular flexibility index (Phi) is 4.70. The fraction of sp³-hybridized carbons (Fsp3) is 0.538. The minimum atomic E-state index is -0.452. The summed E-state index contributed by atoms with van der Waals surface area (Å²) in [5, 5.41) is 21.6. The fourth-order valence-electron chi connectivity index (χ4n) is 1.93. The van der Waals surface area contributed by atoms with Crippen molar-refractivity contribution in [3.05, 3.63) is 36.9 Å². The van der Waals surface area contributed by atoms with E-state index in [0.29, 0.717) is 13.1 Å². The van der Waals surface area contributed by atoms with Crippen LogP contribution in [0.4, 0.5) is 0 Å². The van der Waals surface area contributed by atoms with Crippen LogP contribution in [0.3, 0.4) is 0 Å². The van der Waals surface area contributed by atoms with Gasteiger partial charge in [-0.25, -0.2) is 0 Å². The highest BCUT2D eigenvalue weighted by atomic mass is 16.3. The second-order valence-electron chi connectivity index (χ2n) is 4.81. The van der Waals surface area contributed by atoms with Crippen LogP contribution in [0.2, 0.25) is 0 Å². The first-order valence-electron chi connectivity index (χ1n) is 6.55. The number of aliphatic hydroxyl groups excluding tert-OH is 1. The summed E-state index contributed by atoms with van der Waals surface area (Å²) in [6.07, 6.45) is 6.83. The van der Waals surface area contributed by atoms with Crippen LogP contribution in [0.1, 0.15) is 19.9 Å². The highest BCUT2D eigenvalue weighted by Crippen LogP contribution is 2.08. The molecule has 104 valence electrons. The molecule has 6 nitrogen and oxygen atoms in total. The zero-order chi connectivity index (χ0) is 13.7. The van der Waals surface area contributed by atoms with E-state index in [1.165, 1.54) is 0 Å². The number of nitrogens with zero attached hydrogens (tertiary/aromatic N) is 4. The third-order valence-corrected chi connectivity index (χ3v) is 3.30. The van der Waals surface area contributed by atoms with Crippen molar-refractivity contribution in [2.24, 2.45) is 0 Å². The molecule has 0 unspecified atom stereocenters. The average molecular weight is 263 g/mol. The van der Waals surface area contributed by atoms with E-state index in [9.17, 15) is 5.11 Å². The van der Waals surface area contributed by atoms with Crippen molar-refractivity contribution in [3.8, 4) is 0 Å². The average Bonchev–Trinajstić information content (AvgIpc) is 3.07. The number of rotatable bonds is 7. The van der Waals surface area contributed by atoms with Crippen molar-refractivity contribution in [1.29, 1.82) is 0 Å². The van der Waals surface area contributed by atoms with Crippen molar-refractivity contribution >= 4 is 0 Å². The van der Waals surface area contributed by atoms with E-state index in [2.05, 4.69) is 29.4 Å². The van der Waals surface area contributed by atoms with Gasteiger partial charge in [-0.1, -0.05) is 0 Å². The lowest BCUT2D eigenvalue weighted by Gasteiger charge is -2.23. The maximum Gasteiger partial charge on any atom is 0.0860 e. The Labute approximate surface area is 113 Å². The minimum Gasteiger partial charge on any atom is -0.390 e. The number of hydrogen-bond acceptors (Lipinski definition) is 4. The molecular formula is C13H21N5O. The van der Waals surface area contributed by atoms with Gasteiger partial charge in [0.15, 0.2) is 0 Å². The number of hydrogen-bond donors (Lipinski definition) is 2. The Bertz CT molecular complexity index is 453. The molecule has 2 aromatic heterocycles. The summed E-state index contributed by atoms with van der Waals surface area (Å²) in [4.78, 5) is 0. The van der Waals surface area contributed by atoms with Gasteiger partial charge in [-0.2, -0.15) is 10.2 Å². The lowest BCUT2D eigenvalue weighted by Crippen LogP contribution is -2.40. The molecule has 19 heavy (non-hydrogen) atoms. The molecule has 0 aliphatic heterocycles. The molecule has 0 bridgehead atoms. The van der Waals surface area contributed by atoms with Crippen LogP contribution in [0, 0.1) is 0 Å². The predicted molar refractivity (Wildman–Crippen MR) is 72.6 cm³/mol. The third kappa shape index (κ3) is 3.90. The third-order valence-electron chi connectivity index (χ3n) is 3.30. The summed E-state index contributed by atoms with van der Waals surface area (Å²) < 4.78 is 3.64. The van der Waals surface area contributed by atoms with E-state index >= 15 is 0 Å². The molecule has 0 saturated heterocycles. The normalized spacial score (nSPS) is 16.2. The molecule has 2 rings (SSSR count). The first-order valence-corrected chi connectivity index (χ1v) is 6.55. The topological polar surface area (TPSA) is 67.9 Å². The van der Waals surface area contributed by atoms with Gasteiger partial charge in [-0.05, 0) is 26.0 Å². The quantitative estimate of drug-likeness (QED) is 0.771. The molecule has 0 aromatic carbocycles. The maximum atomic E-state index is 9.94. The van der Waals surface area contributed by atoms with Crippen molar-refractivity contribution in [1.82, 2.24) is 24.9 Å². The van der Waals surface area contributed by atoms with E-state index < -0.39 is 6.10 Å². The summed E-state index contributed by atoms with van der Waals surface area (Å²) in [5.74, 6) is 0. The second kappa shape index (κ2) is 6.49. The first kappa shape index (κ1) is 13.8. The van der Waals surface area contributed by atoms with Gasteiger partial charge in [0.05, 0.1) is 18.7 Å². The zero-order valence-electron chi connectivity index (χ0n) is 11.3. The largest absolute Gasteiger partial charge is 0.390 e. The molecule has 0 aliphatic carbocycles. The highest BCUT2D eigenvalue weighted by molar-refractivity contribution is 4.84. The van der Waals surface area contributed by atoms with E-state index in [-0.39, 0.29) is 12.1 Å². The summed E-state index contributed by atoms with van der Waals surface area (Å²) in [7, 11) is 0. The summed E-state index contributed by atoms with van der Waals surface area (Å²) in [6, 6.07) is 4.23. The fourth-order valence-corrected chi connectivity index (χ4v) is 1.93. The monoisotopic (exact) mass is 263 g/mol. The molecule has 0 amide bonds. The van der Waals surface area contributed by atoms with Gasteiger partial charge in [-0.15, -0.1) is 0 Å². The Balaban J connectivity index is 1.75. The van der Waals surface area contributed by atoms with Crippen LogP contribution >= 0.6 is 0 Å². The van der Waals surface area contributed by atoms with Crippen LogP contribution in [0.25, 0.3) is 0 Å². The van der Waals surface area contributed by atoms with Crippen molar-refractivity contribution in [3.63, 3.8) is 0 Å². The van der Waals surface area contributed by atoms with Gasteiger partial charge in [0.25, 0.3) is 0 Å². The Morgan fingerprint density at radius 1 is 1.16 bits per heavy atom. The minimum absolute atomic E-state index is 0.229. The molecule has 0 radical (unpaired) electrons. The Hall–Kier alpha value is -1.66. The summed E-state index contributed by atoms with van der Waals surface area (Å²) >= 11 is 0. The number of aromatic nitrogens is 4. The van der Waals surface area contributed by atoms with Gasteiger partial charge < -0.3 is 10.4 Å². The van der Waals surface area contributed by atoms with Crippen LogP contribution < -0.4 is 5.32 Å². The van der Waals surface area contributed by atoms with E-state index in [0.717, 1.165) is 0 Å². The molecule has 3 atom stereocenters. The van der Waals surface area contributed by atoms with Crippen molar-refractivity contribution in [2.45, 2.75) is 38.6 Å². The van der Waals surface area contributed by atoms with Gasteiger partial charge in [0, 0.05) is 37.4 Å². The molecule has 0 fully saturated rings. The van der Waals surface area contributed by atoms with E-state index in [1.807, 2.05) is 29.2 Å². The second-order valence-corrected chi connectivity index (χ2v) is 4.81. The summed E-state index contributed by atoms with van der Waals surface area (Å²) in [5.41, 5.74) is 0. The first-order chi connectivity index (χ1) is 9.16. The highest BCUT2D eigenvalue weighted by Gasteiger charge is 2.15. The molecule has 2 N–H and O–H groups in total. The maximum absolute atomic E-state index is 9.94. The molecule has 0 aliphatic rings. The SMILES string of the molecule is C[C@H](NC[C@H](O)Cn1cccn1)[C@@H](C)n1cccn1. The lowest BCUT2D eigenvalue weighted by atomic mass is 10.1. The molecule has 0 spiro atoms. The van der Waals surface area contributed by atoms with Gasteiger partial charge in [0.1, 0.15) is 0 Å². The Morgan fingerprint density at radius 3 is 2.53 bits per heavy atom. The number of nitrogens with one attached hydrogen (secondary N) is 1. The molecule has 6 heteroatoms. The van der Waals surface area contributed by atoms with Crippen molar-refractivity contribution in [2.75, 3.05) is 6.54 Å². The standard InChI is InChI=1S/C13H21N5O/c1-11(12(2)18-8-4-6-16-18)14-9-13(19)10-17-7-3-5-15-17/h3-8,11-14,19H,9-10H2,1-2H3/t11-,12+,13-/m0/s1. The van der Waals surface area contributed by atoms with Gasteiger partial charge in [-0.3, -0.25) is 9.36 Å². The molecule has 0 saturated carbocycles. The molecule has 2 aromatic rings. The van der Waals surface area contributed by atoms with E-state index in [1.54, 1.807) is 17.1 Å². The van der Waals surface area contributed by atoms with Gasteiger partial charge >= 0.3 is 0 Å². The smallest absolute Gasteiger partial charge is 0.0860 e. The van der Waals surface area contributed by atoms with E-state index in [4.69, 9.17) is 0 Å². The van der Waals surface area contributed by atoms with Gasteiger partial charge in [0.2, 0.25) is 0 Å². The van der Waals surface area contributed by atoms with Crippen LogP contribution in [-0.2, 0) is 6.54 Å². The van der Waals surface area contributed by atoms with Crippen molar-refractivity contribution < 1.29 is 5.11 Å². The van der Waals surface area contributed by atoms with Crippen LogP contribution in [0.15, 0.2) is 36.9 Å². The zero-order valence-corrected chi connectivity index (χ0v) is 11.3. The lowest BCUT2D eigenvalue weighted by molar-refractivity contribution is 0.140.